The van der Waals surface area contributed by atoms with Crippen LogP contribution in [-0.4, -0.2) is 21.7 Å². The van der Waals surface area contributed by atoms with E-state index in [1.165, 1.54) is 0 Å². The van der Waals surface area contributed by atoms with E-state index in [4.69, 9.17) is 23.2 Å². The van der Waals surface area contributed by atoms with E-state index in [1.807, 2.05) is 33.8 Å². The highest BCUT2D eigenvalue weighted by atomic mass is 35.5. The first-order chi connectivity index (χ1) is 11.3. The van der Waals surface area contributed by atoms with Gasteiger partial charge in [-0.3, -0.25) is 10.1 Å². The quantitative estimate of drug-likeness (QED) is 0.791. The van der Waals surface area contributed by atoms with Crippen molar-refractivity contribution in [3.05, 3.63) is 46.1 Å². The molecule has 0 fully saturated rings. The molecule has 1 heterocycles. The van der Waals surface area contributed by atoms with Gasteiger partial charge in [0.15, 0.2) is 0 Å². The summed E-state index contributed by atoms with van der Waals surface area (Å²) in [6.45, 7) is 7.78. The average Bonchev–Trinajstić information content (AvgIpc) is 2.95. The van der Waals surface area contributed by atoms with Gasteiger partial charge in [-0.1, -0.05) is 29.3 Å². The highest BCUT2D eigenvalue weighted by molar-refractivity contribution is 6.35. The van der Waals surface area contributed by atoms with Crippen LogP contribution in [0.5, 0.6) is 0 Å². The van der Waals surface area contributed by atoms with E-state index in [0.29, 0.717) is 15.9 Å². The number of anilines is 1. The lowest BCUT2D eigenvalue weighted by Gasteiger charge is -2.21. The van der Waals surface area contributed by atoms with Crippen LogP contribution in [0.25, 0.3) is 0 Å². The van der Waals surface area contributed by atoms with Crippen LogP contribution >= 0.6 is 23.2 Å². The van der Waals surface area contributed by atoms with Crippen molar-refractivity contribution in [2.75, 3.05) is 5.32 Å². The molecule has 0 radical (unpaired) electrons. The molecule has 0 unspecified atom stereocenters. The monoisotopic (exact) mass is 368 g/mol. The second-order valence-electron chi connectivity index (χ2n) is 6.02. The number of nitrogens with one attached hydrogen (secondary N) is 2. The fourth-order valence-corrected chi connectivity index (χ4v) is 3.02. The van der Waals surface area contributed by atoms with Gasteiger partial charge in [-0.05, 0) is 45.4 Å². The van der Waals surface area contributed by atoms with E-state index in [-0.39, 0.29) is 18.0 Å². The Morgan fingerprint density at radius 2 is 1.88 bits per heavy atom. The third kappa shape index (κ3) is 4.50. The number of aromatic nitrogens is 2. The molecule has 130 valence electrons. The first-order valence-corrected chi connectivity index (χ1v) is 8.60. The Bertz CT molecular complexity index is 714. The number of hydrogen-bond donors (Lipinski definition) is 2. The number of hydrogen-bond acceptors (Lipinski definition) is 3. The lowest BCUT2D eigenvalue weighted by molar-refractivity contribution is -0.118. The van der Waals surface area contributed by atoms with Crippen LogP contribution < -0.4 is 10.6 Å². The molecule has 0 aliphatic rings. The highest BCUT2D eigenvalue weighted by Gasteiger charge is 2.19. The SMILES string of the molecule is CC(C)n1nccc1NC(=O)[C@@H](C)N[C@@H](C)c1ccc(Cl)cc1Cl. The summed E-state index contributed by atoms with van der Waals surface area (Å²) in [7, 11) is 0. The summed E-state index contributed by atoms with van der Waals surface area (Å²) in [6, 6.07) is 6.80. The van der Waals surface area contributed by atoms with Crippen molar-refractivity contribution in [1.29, 1.82) is 0 Å². The predicted molar refractivity (Wildman–Crippen MR) is 98.7 cm³/mol. The molecule has 0 aliphatic heterocycles. The lowest BCUT2D eigenvalue weighted by atomic mass is 10.1. The van der Waals surface area contributed by atoms with E-state index < -0.39 is 6.04 Å². The van der Waals surface area contributed by atoms with E-state index in [0.717, 1.165) is 5.56 Å². The molecule has 2 N–H and O–H groups in total. The van der Waals surface area contributed by atoms with Gasteiger partial charge in [0.25, 0.3) is 0 Å². The van der Waals surface area contributed by atoms with Gasteiger partial charge < -0.3 is 5.32 Å². The number of halogens is 2. The second-order valence-corrected chi connectivity index (χ2v) is 6.86. The first kappa shape index (κ1) is 18.8. The van der Waals surface area contributed by atoms with Crippen molar-refractivity contribution in [1.82, 2.24) is 15.1 Å². The molecule has 7 heteroatoms. The minimum Gasteiger partial charge on any atom is -0.310 e. The summed E-state index contributed by atoms with van der Waals surface area (Å²) in [6.07, 6.45) is 1.67. The maximum absolute atomic E-state index is 12.4. The number of amides is 1. The normalized spacial score (nSPS) is 13.8. The summed E-state index contributed by atoms with van der Waals surface area (Å²) >= 11 is 12.1. The van der Waals surface area contributed by atoms with Crippen molar-refractivity contribution < 1.29 is 4.79 Å². The van der Waals surface area contributed by atoms with Crippen LogP contribution in [0.4, 0.5) is 5.82 Å². The smallest absolute Gasteiger partial charge is 0.242 e. The minimum absolute atomic E-state index is 0.0921. The van der Waals surface area contributed by atoms with Crippen molar-refractivity contribution in [3.8, 4) is 0 Å². The zero-order valence-corrected chi connectivity index (χ0v) is 15.7. The Kier molecular flexibility index (Phi) is 6.27. The Hall–Kier alpha value is -1.56. The standard InChI is InChI=1S/C17H22Cl2N4O/c1-10(2)23-16(7-8-20-23)22-17(24)12(4)21-11(3)14-6-5-13(18)9-15(14)19/h5-12,21H,1-4H3,(H,22,24)/t11-,12+/m0/s1. The van der Waals surface area contributed by atoms with E-state index in [9.17, 15) is 4.79 Å². The summed E-state index contributed by atoms with van der Waals surface area (Å²) in [4.78, 5) is 12.4. The number of carbonyl (C=O) groups excluding carboxylic acids is 1. The maximum Gasteiger partial charge on any atom is 0.242 e. The fourth-order valence-electron chi connectivity index (χ4n) is 2.45. The maximum atomic E-state index is 12.4. The summed E-state index contributed by atoms with van der Waals surface area (Å²) < 4.78 is 1.77. The molecule has 1 aromatic heterocycles. The van der Waals surface area contributed by atoms with Crippen LogP contribution in [0.2, 0.25) is 10.0 Å². The molecular formula is C17H22Cl2N4O. The van der Waals surface area contributed by atoms with Crippen LogP contribution in [-0.2, 0) is 4.79 Å². The minimum atomic E-state index is -0.401. The van der Waals surface area contributed by atoms with Crippen LogP contribution in [0, 0.1) is 0 Å². The zero-order chi connectivity index (χ0) is 17.9. The average molecular weight is 369 g/mol. The largest absolute Gasteiger partial charge is 0.310 e. The molecule has 5 nitrogen and oxygen atoms in total. The molecule has 2 rings (SSSR count). The number of nitrogens with zero attached hydrogens (tertiary/aromatic N) is 2. The topological polar surface area (TPSA) is 59.0 Å². The number of benzene rings is 1. The molecule has 1 aromatic carbocycles. The molecule has 0 aliphatic carbocycles. The van der Waals surface area contributed by atoms with Gasteiger partial charge in [0.2, 0.25) is 5.91 Å². The summed E-state index contributed by atoms with van der Waals surface area (Å²) in [5.74, 6) is 0.551. The van der Waals surface area contributed by atoms with Crippen molar-refractivity contribution >= 4 is 34.9 Å². The molecule has 24 heavy (non-hydrogen) atoms. The summed E-state index contributed by atoms with van der Waals surface area (Å²) in [5.41, 5.74) is 0.896. The second kappa shape index (κ2) is 8.01. The fraction of sp³-hybridized carbons (Fsp3) is 0.412. The molecule has 2 aromatic rings. The van der Waals surface area contributed by atoms with Crippen LogP contribution in [0.15, 0.2) is 30.5 Å². The Morgan fingerprint density at radius 3 is 2.50 bits per heavy atom. The van der Waals surface area contributed by atoms with Gasteiger partial charge in [-0.15, -0.1) is 0 Å². The lowest BCUT2D eigenvalue weighted by Crippen LogP contribution is -2.39. The van der Waals surface area contributed by atoms with Crippen molar-refractivity contribution in [2.45, 2.75) is 45.8 Å². The zero-order valence-electron chi connectivity index (χ0n) is 14.2. The highest BCUT2D eigenvalue weighted by Crippen LogP contribution is 2.26. The molecule has 0 bridgehead atoms. The summed E-state index contributed by atoms with van der Waals surface area (Å²) in [5, 5.41) is 11.5. The van der Waals surface area contributed by atoms with Gasteiger partial charge in [-0.2, -0.15) is 5.10 Å². The Morgan fingerprint density at radius 1 is 1.17 bits per heavy atom. The number of rotatable bonds is 6. The molecule has 2 atom stereocenters. The van der Waals surface area contributed by atoms with Crippen molar-refractivity contribution in [3.63, 3.8) is 0 Å². The number of carbonyl (C=O) groups is 1. The Labute approximate surface area is 152 Å². The van der Waals surface area contributed by atoms with Gasteiger partial charge >= 0.3 is 0 Å². The third-order valence-corrected chi connectivity index (χ3v) is 4.30. The van der Waals surface area contributed by atoms with Gasteiger partial charge in [0, 0.05) is 28.2 Å². The molecule has 0 saturated heterocycles. The van der Waals surface area contributed by atoms with Crippen molar-refractivity contribution in [2.24, 2.45) is 0 Å². The molecular weight excluding hydrogens is 347 g/mol. The van der Waals surface area contributed by atoms with Crippen LogP contribution in [0.3, 0.4) is 0 Å². The molecule has 0 spiro atoms. The van der Waals surface area contributed by atoms with E-state index >= 15 is 0 Å². The third-order valence-electron chi connectivity index (χ3n) is 3.73. The Balaban J connectivity index is 2.01. The first-order valence-electron chi connectivity index (χ1n) is 7.85. The van der Waals surface area contributed by atoms with E-state index in [2.05, 4.69) is 15.7 Å². The van der Waals surface area contributed by atoms with Gasteiger partial charge in [0.05, 0.1) is 12.2 Å². The van der Waals surface area contributed by atoms with E-state index in [1.54, 1.807) is 29.1 Å². The molecule has 1 amide bonds. The van der Waals surface area contributed by atoms with Gasteiger partial charge in [-0.25, -0.2) is 4.68 Å². The predicted octanol–water partition coefficient (Wildman–Crippen LogP) is 4.45. The van der Waals surface area contributed by atoms with Crippen LogP contribution in [0.1, 0.15) is 45.3 Å². The molecule has 0 saturated carbocycles. The van der Waals surface area contributed by atoms with Gasteiger partial charge in [0.1, 0.15) is 5.82 Å².